The van der Waals surface area contributed by atoms with E-state index in [0.717, 1.165) is 33.5 Å². The first-order valence-electron chi connectivity index (χ1n) is 25.2. The van der Waals surface area contributed by atoms with Crippen LogP contribution in [0.3, 0.4) is 0 Å². The molecule has 0 spiro atoms. The van der Waals surface area contributed by atoms with Gasteiger partial charge in [0.1, 0.15) is 11.6 Å². The van der Waals surface area contributed by atoms with E-state index in [1.807, 2.05) is 72.9 Å². The number of imidazole rings is 1. The van der Waals surface area contributed by atoms with Crippen LogP contribution in [0.15, 0.2) is 128 Å². The van der Waals surface area contributed by atoms with Crippen molar-refractivity contribution in [3.63, 3.8) is 0 Å². The normalized spacial score (nSPS) is 14.4. The number of nitrogens with zero attached hydrogens (tertiary/aromatic N) is 3. The van der Waals surface area contributed by atoms with Gasteiger partial charge in [0.05, 0.1) is 22.3 Å². The molecular formula is C59H62N3OPt-. The van der Waals surface area contributed by atoms with Crippen LogP contribution < -0.4 is 0 Å². The molecular weight excluding hydrogens is 962 g/mol. The number of hydrogen-bond donors (Lipinski definition) is 1. The molecule has 4 nitrogen and oxygen atoms in total. The standard InChI is InChI=1S/C59H62N3O.Pt/c1-35(2)43-32-50(38(7)8)57(63)51(33-43)58-61-56-49(44-29-45(31-46(30-44)59(10,11)12)52-34-41(26-27-60-52)40-18-14-13-15-19-40)22-17-23-54(56)62(58)53-25-24-42(28-39(53)9)55-47(36(3)4)20-16-21-48(55)37(5)6;/h13-28,30-38,63H,1-12H3;/q-1;/i9D3,35D,36D,37D,38D;. The van der Waals surface area contributed by atoms with Crippen LogP contribution >= 0.6 is 0 Å². The van der Waals surface area contributed by atoms with Gasteiger partial charge in [-0.15, -0.1) is 29.3 Å². The predicted octanol–water partition coefficient (Wildman–Crippen LogP) is 16.4. The molecule has 0 amide bonds. The van der Waals surface area contributed by atoms with Gasteiger partial charge in [-0.2, -0.15) is 0 Å². The molecule has 0 bridgehead atoms. The third-order valence-corrected chi connectivity index (χ3v) is 12.0. The van der Waals surface area contributed by atoms with Crippen molar-refractivity contribution in [2.24, 2.45) is 0 Å². The number of pyridine rings is 1. The Morgan fingerprint density at radius 3 is 1.95 bits per heavy atom. The molecule has 1 N–H and O–H groups in total. The molecule has 6 aromatic carbocycles. The van der Waals surface area contributed by atoms with Crippen LogP contribution in [0.4, 0.5) is 0 Å². The van der Waals surface area contributed by atoms with Crippen molar-refractivity contribution < 1.29 is 35.8 Å². The van der Waals surface area contributed by atoms with E-state index in [1.54, 1.807) is 84.2 Å². The number of para-hydroxylation sites is 1. The Kier molecular flexibility index (Phi) is 10.9. The van der Waals surface area contributed by atoms with E-state index in [9.17, 15) is 5.11 Å². The Morgan fingerprint density at radius 1 is 0.641 bits per heavy atom. The molecule has 8 aromatic rings. The zero-order valence-electron chi connectivity index (χ0n) is 45.7. The quantitative estimate of drug-likeness (QED) is 0.139. The summed E-state index contributed by atoms with van der Waals surface area (Å²) in [5, 5.41) is 12.4. The van der Waals surface area contributed by atoms with Gasteiger partial charge in [0.15, 0.2) is 0 Å². The fourth-order valence-electron chi connectivity index (χ4n) is 8.47. The average molecular weight is 1030 g/mol. The summed E-state index contributed by atoms with van der Waals surface area (Å²) in [5.41, 5.74) is 10.7. The minimum atomic E-state index is -2.69. The molecule has 0 radical (unpaired) electrons. The van der Waals surface area contributed by atoms with Crippen LogP contribution in [-0.2, 0) is 26.5 Å². The molecule has 0 unspecified atom stereocenters. The number of aryl methyl sites for hydroxylation is 1. The van der Waals surface area contributed by atoms with Crippen LogP contribution in [0.25, 0.3) is 72.7 Å². The minimum Gasteiger partial charge on any atom is -0.507 e. The van der Waals surface area contributed by atoms with E-state index in [-0.39, 0.29) is 54.9 Å². The summed E-state index contributed by atoms with van der Waals surface area (Å²) in [4.78, 5) is 10.2. The minimum absolute atomic E-state index is 0. The molecule has 64 heavy (non-hydrogen) atoms. The zero-order valence-corrected chi connectivity index (χ0v) is 41.0. The second-order valence-electron chi connectivity index (χ2n) is 18.6. The summed E-state index contributed by atoms with van der Waals surface area (Å²) in [5.74, 6) is -4.58. The molecule has 2 heterocycles. The Balaban J connectivity index is 0.00000741. The van der Waals surface area contributed by atoms with Crippen LogP contribution in [0.2, 0.25) is 0 Å². The molecule has 0 atom stereocenters. The van der Waals surface area contributed by atoms with Crippen LogP contribution in [0.1, 0.15) is 143 Å². The number of phenolic OH excluding ortho intramolecular Hbond substituents is 1. The molecule has 0 aliphatic heterocycles. The molecule has 5 heteroatoms. The maximum Gasteiger partial charge on any atom is 0.148 e. The van der Waals surface area contributed by atoms with Crippen LogP contribution in [-0.4, -0.2) is 19.6 Å². The van der Waals surface area contributed by atoms with E-state index in [1.165, 1.54) is 0 Å². The van der Waals surface area contributed by atoms with Crippen molar-refractivity contribution in [2.45, 2.75) is 112 Å². The van der Waals surface area contributed by atoms with Crippen molar-refractivity contribution in [3.8, 4) is 67.5 Å². The maximum absolute atomic E-state index is 12.4. The summed E-state index contributed by atoms with van der Waals surface area (Å²) < 4.78 is 65.8. The van der Waals surface area contributed by atoms with E-state index >= 15 is 0 Å². The first-order chi connectivity index (χ1) is 32.4. The van der Waals surface area contributed by atoms with Crippen molar-refractivity contribution in [3.05, 3.63) is 167 Å². The molecule has 0 aliphatic rings. The number of aromatic hydroxyl groups is 1. The van der Waals surface area contributed by atoms with Gasteiger partial charge < -0.3 is 5.11 Å². The van der Waals surface area contributed by atoms with E-state index in [0.29, 0.717) is 50.0 Å². The summed E-state index contributed by atoms with van der Waals surface area (Å²) in [6.45, 7) is 17.8. The van der Waals surface area contributed by atoms with Crippen molar-refractivity contribution >= 4 is 11.0 Å². The number of rotatable bonds is 10. The largest absolute Gasteiger partial charge is 0.507 e. The third kappa shape index (κ3) is 8.92. The molecule has 0 saturated heterocycles. The van der Waals surface area contributed by atoms with E-state index < -0.39 is 30.4 Å². The SMILES string of the molecule is [2H]C([2H])([2H])c1cc(-c2c(C([2H])(C)C)cccc2C([2H])(C)C)ccc1-n1c(-c2cc(C([2H])(C)C)cc(C([2H])(C)C)c2O)nc2c(-c3[c-]c(-c4cc(-c5ccccc5)ccn4)cc(C(C)(C)C)c3)cccc21.[Pt]. The summed E-state index contributed by atoms with van der Waals surface area (Å²) >= 11 is 0. The zero-order chi connectivity index (χ0) is 51.1. The molecule has 0 fully saturated rings. The summed E-state index contributed by atoms with van der Waals surface area (Å²) in [6.07, 6.45) is 1.81. The Labute approximate surface area is 406 Å². The first-order valence-corrected chi connectivity index (χ1v) is 21.7. The van der Waals surface area contributed by atoms with Gasteiger partial charge in [-0.05, 0) is 116 Å². The smallest absolute Gasteiger partial charge is 0.148 e. The molecule has 0 aliphatic carbocycles. The van der Waals surface area contributed by atoms with Crippen molar-refractivity contribution in [2.75, 3.05) is 0 Å². The number of aromatic nitrogens is 3. The fraction of sp³-hybridized carbons (Fsp3) is 0.288. The maximum atomic E-state index is 12.4. The van der Waals surface area contributed by atoms with Crippen molar-refractivity contribution in [1.82, 2.24) is 14.5 Å². The van der Waals surface area contributed by atoms with Gasteiger partial charge in [-0.3, -0.25) is 9.55 Å². The molecule has 330 valence electrons. The van der Waals surface area contributed by atoms with Crippen molar-refractivity contribution in [1.29, 1.82) is 0 Å². The Hall–Kier alpha value is -5.57. The van der Waals surface area contributed by atoms with Gasteiger partial charge in [0.25, 0.3) is 0 Å². The average Bonchev–Trinajstić information content (AvgIpc) is 3.66. The number of hydrogen-bond acceptors (Lipinski definition) is 3. The number of fused-ring (bicyclic) bond motifs is 1. The molecule has 8 rings (SSSR count). The number of phenols is 1. The fourth-order valence-corrected chi connectivity index (χ4v) is 8.47. The van der Waals surface area contributed by atoms with E-state index in [2.05, 4.69) is 57.2 Å². The monoisotopic (exact) mass is 1030 g/mol. The van der Waals surface area contributed by atoms with E-state index in [4.69, 9.17) is 19.6 Å². The first kappa shape index (κ1) is 37.8. The van der Waals surface area contributed by atoms with Crippen LogP contribution in [0, 0.1) is 12.9 Å². The van der Waals surface area contributed by atoms with Gasteiger partial charge in [-0.1, -0.05) is 166 Å². The topological polar surface area (TPSA) is 50.9 Å². The summed E-state index contributed by atoms with van der Waals surface area (Å²) in [6, 6.07) is 42.2. The summed E-state index contributed by atoms with van der Waals surface area (Å²) in [7, 11) is 0. The molecule has 2 aromatic heterocycles. The second-order valence-corrected chi connectivity index (χ2v) is 18.6. The van der Waals surface area contributed by atoms with Gasteiger partial charge in [-0.25, -0.2) is 4.98 Å². The Bertz CT molecular complexity index is 3260. The predicted molar refractivity (Wildman–Crippen MR) is 266 cm³/mol. The van der Waals surface area contributed by atoms with Gasteiger partial charge in [0.2, 0.25) is 0 Å². The van der Waals surface area contributed by atoms with Crippen LogP contribution in [0.5, 0.6) is 5.75 Å². The van der Waals surface area contributed by atoms with Gasteiger partial charge >= 0.3 is 0 Å². The van der Waals surface area contributed by atoms with Gasteiger partial charge in [0, 0.05) is 42.6 Å². The second kappa shape index (κ2) is 18.5. The number of benzene rings is 6. The third-order valence-electron chi connectivity index (χ3n) is 12.0. The Morgan fingerprint density at radius 2 is 1.31 bits per heavy atom. The molecule has 0 saturated carbocycles.